The van der Waals surface area contributed by atoms with Crippen molar-refractivity contribution >= 4 is 5.91 Å². The minimum absolute atomic E-state index is 0.0131. The molecule has 94 valence electrons. The van der Waals surface area contributed by atoms with Crippen LogP contribution in [-0.4, -0.2) is 45.0 Å². The number of amides is 1. The summed E-state index contributed by atoms with van der Waals surface area (Å²) in [5.74, 6) is -0.0131. The smallest absolute Gasteiger partial charge is 0.251 e. The van der Waals surface area contributed by atoms with Crippen LogP contribution in [0.25, 0.3) is 0 Å². The molecule has 0 fully saturated rings. The molecule has 4 nitrogen and oxygen atoms in total. The van der Waals surface area contributed by atoms with Crippen LogP contribution in [0.2, 0.25) is 0 Å². The van der Waals surface area contributed by atoms with Crippen LogP contribution in [0, 0.1) is 0 Å². The quantitative estimate of drug-likeness (QED) is 0.713. The van der Waals surface area contributed by atoms with Gasteiger partial charge in [-0.1, -0.05) is 12.1 Å². The summed E-state index contributed by atoms with van der Waals surface area (Å²) in [5.41, 5.74) is 1.87. The molecular weight excluding hydrogens is 214 g/mol. The van der Waals surface area contributed by atoms with E-state index in [0.717, 1.165) is 24.2 Å². The van der Waals surface area contributed by atoms with Gasteiger partial charge in [0.15, 0.2) is 0 Å². The van der Waals surface area contributed by atoms with Crippen molar-refractivity contribution in [2.45, 2.75) is 6.54 Å². The zero-order valence-electron chi connectivity index (χ0n) is 10.8. The molecule has 0 aliphatic carbocycles. The maximum Gasteiger partial charge on any atom is 0.251 e. The van der Waals surface area contributed by atoms with Crippen LogP contribution in [0.4, 0.5) is 0 Å². The van der Waals surface area contributed by atoms with Gasteiger partial charge in [-0.25, -0.2) is 0 Å². The molecule has 0 atom stereocenters. The molecule has 4 heteroatoms. The SMILES string of the molecule is CNCCNC(=O)c1cccc(CN(C)C)c1. The second kappa shape index (κ2) is 7.04. The molecule has 0 aliphatic rings. The van der Waals surface area contributed by atoms with Gasteiger partial charge in [-0.2, -0.15) is 0 Å². The Kier molecular flexibility index (Phi) is 5.66. The Labute approximate surface area is 103 Å². The molecule has 17 heavy (non-hydrogen) atoms. The van der Waals surface area contributed by atoms with Crippen molar-refractivity contribution < 1.29 is 4.79 Å². The highest BCUT2D eigenvalue weighted by atomic mass is 16.1. The summed E-state index contributed by atoms with van der Waals surface area (Å²) in [4.78, 5) is 13.9. The molecule has 1 aromatic rings. The van der Waals surface area contributed by atoms with Crippen molar-refractivity contribution in [2.75, 3.05) is 34.2 Å². The lowest BCUT2D eigenvalue weighted by Crippen LogP contribution is -2.30. The largest absolute Gasteiger partial charge is 0.351 e. The molecule has 0 bridgehead atoms. The molecule has 0 spiro atoms. The van der Waals surface area contributed by atoms with Gasteiger partial charge in [0.1, 0.15) is 0 Å². The number of nitrogens with zero attached hydrogens (tertiary/aromatic N) is 1. The zero-order chi connectivity index (χ0) is 12.7. The van der Waals surface area contributed by atoms with Crippen LogP contribution in [0.3, 0.4) is 0 Å². The third-order valence-electron chi connectivity index (χ3n) is 2.35. The van der Waals surface area contributed by atoms with E-state index in [9.17, 15) is 4.79 Å². The van der Waals surface area contributed by atoms with E-state index < -0.39 is 0 Å². The molecular formula is C13H21N3O. The molecule has 0 saturated carbocycles. The third kappa shape index (κ3) is 4.97. The first-order valence-corrected chi connectivity index (χ1v) is 5.80. The van der Waals surface area contributed by atoms with Gasteiger partial charge >= 0.3 is 0 Å². The van der Waals surface area contributed by atoms with Crippen molar-refractivity contribution in [3.8, 4) is 0 Å². The maximum atomic E-state index is 11.8. The topological polar surface area (TPSA) is 44.4 Å². The monoisotopic (exact) mass is 235 g/mol. The van der Waals surface area contributed by atoms with Gasteiger partial charge in [0, 0.05) is 25.2 Å². The lowest BCUT2D eigenvalue weighted by atomic mass is 10.1. The summed E-state index contributed by atoms with van der Waals surface area (Å²) >= 11 is 0. The highest BCUT2D eigenvalue weighted by Gasteiger charge is 2.05. The van der Waals surface area contributed by atoms with Gasteiger partial charge in [-0.3, -0.25) is 4.79 Å². The molecule has 1 amide bonds. The number of rotatable bonds is 6. The summed E-state index contributed by atoms with van der Waals surface area (Å²) in [5, 5.41) is 5.86. The van der Waals surface area contributed by atoms with Crippen LogP contribution < -0.4 is 10.6 Å². The summed E-state index contributed by atoms with van der Waals surface area (Å²) in [7, 11) is 5.89. The number of hydrogen-bond donors (Lipinski definition) is 2. The first-order chi connectivity index (χ1) is 8.13. The van der Waals surface area contributed by atoms with Crippen LogP contribution in [0.15, 0.2) is 24.3 Å². The third-order valence-corrected chi connectivity index (χ3v) is 2.35. The zero-order valence-corrected chi connectivity index (χ0v) is 10.8. The molecule has 1 aromatic carbocycles. The summed E-state index contributed by atoms with van der Waals surface area (Å²) in [6, 6.07) is 7.73. The number of hydrogen-bond acceptors (Lipinski definition) is 3. The molecule has 2 N–H and O–H groups in total. The normalized spacial score (nSPS) is 10.6. The highest BCUT2D eigenvalue weighted by molar-refractivity contribution is 5.94. The minimum Gasteiger partial charge on any atom is -0.351 e. The predicted octanol–water partition coefficient (Wildman–Crippen LogP) is 0.697. The second-order valence-corrected chi connectivity index (χ2v) is 4.30. The van der Waals surface area contributed by atoms with Crippen molar-refractivity contribution in [1.82, 2.24) is 15.5 Å². The fourth-order valence-corrected chi connectivity index (χ4v) is 1.58. The highest BCUT2D eigenvalue weighted by Crippen LogP contribution is 2.06. The van der Waals surface area contributed by atoms with Crippen molar-refractivity contribution in [3.63, 3.8) is 0 Å². The Morgan fingerprint density at radius 2 is 2.06 bits per heavy atom. The fraction of sp³-hybridized carbons (Fsp3) is 0.462. The minimum atomic E-state index is -0.0131. The average molecular weight is 235 g/mol. The first-order valence-electron chi connectivity index (χ1n) is 5.80. The van der Waals surface area contributed by atoms with E-state index in [1.807, 2.05) is 45.4 Å². The number of likely N-dealkylation sites (N-methyl/N-ethyl adjacent to an activating group) is 1. The Bertz CT molecular complexity index is 363. The molecule has 0 radical (unpaired) electrons. The lowest BCUT2D eigenvalue weighted by molar-refractivity contribution is 0.0954. The van der Waals surface area contributed by atoms with Crippen LogP contribution in [0.1, 0.15) is 15.9 Å². The van der Waals surface area contributed by atoms with Crippen molar-refractivity contribution in [2.24, 2.45) is 0 Å². The molecule has 0 unspecified atom stereocenters. The standard InChI is InChI=1S/C13H21N3O/c1-14-7-8-15-13(17)12-6-4-5-11(9-12)10-16(2)3/h4-6,9,14H,7-8,10H2,1-3H3,(H,15,17). The van der Waals surface area contributed by atoms with Gasteiger partial charge < -0.3 is 15.5 Å². The van der Waals surface area contributed by atoms with Crippen molar-refractivity contribution in [1.29, 1.82) is 0 Å². The number of carbonyl (C=O) groups is 1. The molecule has 0 aliphatic heterocycles. The maximum absolute atomic E-state index is 11.8. The van der Waals surface area contributed by atoms with E-state index in [0.29, 0.717) is 6.54 Å². The molecule has 0 saturated heterocycles. The van der Waals surface area contributed by atoms with Crippen LogP contribution in [0.5, 0.6) is 0 Å². The summed E-state index contributed by atoms with van der Waals surface area (Å²) in [6.45, 7) is 2.27. The Balaban J connectivity index is 2.60. The van der Waals surface area contributed by atoms with E-state index in [2.05, 4.69) is 15.5 Å². The van der Waals surface area contributed by atoms with E-state index in [-0.39, 0.29) is 5.91 Å². The van der Waals surface area contributed by atoms with Gasteiger partial charge in [0.2, 0.25) is 0 Å². The van der Waals surface area contributed by atoms with Crippen LogP contribution >= 0.6 is 0 Å². The van der Waals surface area contributed by atoms with Gasteiger partial charge in [0.25, 0.3) is 5.91 Å². The van der Waals surface area contributed by atoms with Crippen LogP contribution in [-0.2, 0) is 6.54 Å². The van der Waals surface area contributed by atoms with Gasteiger partial charge in [0.05, 0.1) is 0 Å². The fourth-order valence-electron chi connectivity index (χ4n) is 1.58. The summed E-state index contributed by atoms with van der Waals surface area (Å²) < 4.78 is 0. The van der Waals surface area contributed by atoms with E-state index in [1.54, 1.807) is 0 Å². The Morgan fingerprint density at radius 1 is 1.29 bits per heavy atom. The number of benzene rings is 1. The van der Waals surface area contributed by atoms with Gasteiger partial charge in [-0.15, -0.1) is 0 Å². The number of carbonyl (C=O) groups excluding carboxylic acids is 1. The Hall–Kier alpha value is -1.39. The molecule has 0 heterocycles. The molecule has 1 rings (SSSR count). The number of nitrogens with one attached hydrogen (secondary N) is 2. The van der Waals surface area contributed by atoms with E-state index in [1.165, 1.54) is 0 Å². The van der Waals surface area contributed by atoms with Crippen molar-refractivity contribution in [3.05, 3.63) is 35.4 Å². The predicted molar refractivity (Wildman–Crippen MR) is 70.1 cm³/mol. The van der Waals surface area contributed by atoms with Gasteiger partial charge in [-0.05, 0) is 38.8 Å². The summed E-state index contributed by atoms with van der Waals surface area (Å²) in [6.07, 6.45) is 0. The second-order valence-electron chi connectivity index (χ2n) is 4.30. The van der Waals surface area contributed by atoms with E-state index >= 15 is 0 Å². The Morgan fingerprint density at radius 3 is 2.71 bits per heavy atom. The molecule has 0 aromatic heterocycles. The lowest BCUT2D eigenvalue weighted by Gasteiger charge is -2.11. The first kappa shape index (κ1) is 13.7. The average Bonchev–Trinajstić information content (AvgIpc) is 2.28. The van der Waals surface area contributed by atoms with E-state index in [4.69, 9.17) is 0 Å².